The fourth-order valence-electron chi connectivity index (χ4n) is 10.1. The van der Waals surface area contributed by atoms with Crippen LogP contribution in [0.1, 0.15) is 343 Å². The Kier molecular flexibility index (Phi) is 59.2. The van der Waals surface area contributed by atoms with Crippen LogP contribution in [0.5, 0.6) is 0 Å². The minimum Gasteiger partial charge on any atom is -0.462 e. The van der Waals surface area contributed by atoms with Crippen LogP contribution in [0, 0.1) is 5.92 Å². The van der Waals surface area contributed by atoms with Gasteiger partial charge in [0.05, 0.1) is 26.4 Å². The highest BCUT2D eigenvalue weighted by Gasteiger charge is 2.30. The van der Waals surface area contributed by atoms with Crippen LogP contribution in [-0.4, -0.2) is 96.7 Å². The molecule has 86 heavy (non-hydrogen) atoms. The number of hydrogen-bond donors (Lipinski definition) is 3. The van der Waals surface area contributed by atoms with Crippen molar-refractivity contribution >= 4 is 39.5 Å². The summed E-state index contributed by atoms with van der Waals surface area (Å²) in [4.78, 5) is 72.1. The first-order valence-electron chi connectivity index (χ1n) is 35.1. The van der Waals surface area contributed by atoms with Crippen LogP contribution in [0.25, 0.3) is 0 Å². The molecule has 0 aromatic carbocycles. The lowest BCUT2D eigenvalue weighted by Crippen LogP contribution is -2.30. The summed E-state index contributed by atoms with van der Waals surface area (Å²) in [5, 5.41) is 10.5. The highest BCUT2D eigenvalue weighted by atomic mass is 31.2. The number of phosphoric ester groups is 2. The molecule has 0 radical (unpaired) electrons. The molecule has 19 heteroatoms. The minimum absolute atomic E-state index is 0.106. The topological polar surface area (TPSA) is 237 Å². The summed E-state index contributed by atoms with van der Waals surface area (Å²) >= 11 is 0. The summed E-state index contributed by atoms with van der Waals surface area (Å²) in [6.45, 7) is 7.12. The Labute approximate surface area is 524 Å². The quantitative estimate of drug-likeness (QED) is 0.0222. The van der Waals surface area contributed by atoms with Crippen LogP contribution in [0.2, 0.25) is 0 Å². The molecule has 5 atom stereocenters. The molecule has 510 valence electrons. The van der Waals surface area contributed by atoms with Crippen molar-refractivity contribution in [3.8, 4) is 0 Å². The molecule has 0 aliphatic heterocycles. The molecule has 17 nitrogen and oxygen atoms in total. The van der Waals surface area contributed by atoms with Gasteiger partial charge in [-0.2, -0.15) is 0 Å². The number of rotatable bonds is 67. The number of unbranched alkanes of at least 4 members (excludes halogenated alkanes) is 39. The van der Waals surface area contributed by atoms with E-state index in [9.17, 15) is 43.2 Å². The van der Waals surface area contributed by atoms with Crippen molar-refractivity contribution < 1.29 is 80.2 Å². The van der Waals surface area contributed by atoms with E-state index < -0.39 is 97.5 Å². The largest absolute Gasteiger partial charge is 0.472 e. The molecule has 0 saturated carbocycles. The number of carbonyl (C=O) groups excluding carboxylic acids is 4. The molecule has 0 aromatic rings. The second-order valence-electron chi connectivity index (χ2n) is 24.7. The molecular weight excluding hydrogens is 1140 g/mol. The third-order valence-corrected chi connectivity index (χ3v) is 17.4. The number of carbonyl (C=O) groups is 4. The first kappa shape index (κ1) is 84.1. The number of hydrogen-bond acceptors (Lipinski definition) is 15. The van der Waals surface area contributed by atoms with E-state index in [4.69, 9.17) is 37.0 Å². The summed E-state index contributed by atoms with van der Waals surface area (Å²) in [6.07, 6.45) is 46.1. The zero-order chi connectivity index (χ0) is 63.5. The number of phosphoric acid groups is 2. The van der Waals surface area contributed by atoms with Gasteiger partial charge in [-0.15, -0.1) is 0 Å². The van der Waals surface area contributed by atoms with Crippen molar-refractivity contribution in [1.29, 1.82) is 0 Å². The van der Waals surface area contributed by atoms with Crippen molar-refractivity contribution in [2.45, 2.75) is 361 Å². The zero-order valence-electron chi connectivity index (χ0n) is 55.4. The molecule has 0 saturated heterocycles. The first-order valence-corrected chi connectivity index (χ1v) is 38.1. The number of ether oxygens (including phenoxy) is 4. The van der Waals surface area contributed by atoms with Gasteiger partial charge >= 0.3 is 39.5 Å². The third-order valence-electron chi connectivity index (χ3n) is 15.5. The van der Waals surface area contributed by atoms with Crippen molar-refractivity contribution in [1.82, 2.24) is 0 Å². The lowest BCUT2D eigenvalue weighted by Gasteiger charge is -2.21. The fourth-order valence-corrected chi connectivity index (χ4v) is 11.7. The Morgan fingerprint density at radius 2 is 0.535 bits per heavy atom. The van der Waals surface area contributed by atoms with Gasteiger partial charge in [0.25, 0.3) is 0 Å². The van der Waals surface area contributed by atoms with Gasteiger partial charge in [0.1, 0.15) is 19.3 Å². The second kappa shape index (κ2) is 60.6. The summed E-state index contributed by atoms with van der Waals surface area (Å²) in [5.41, 5.74) is 0. The van der Waals surface area contributed by atoms with E-state index in [2.05, 4.69) is 34.6 Å². The highest BCUT2D eigenvalue weighted by Crippen LogP contribution is 2.45. The maximum atomic E-state index is 13.0. The van der Waals surface area contributed by atoms with E-state index in [1.807, 2.05) is 0 Å². The molecule has 0 aromatic heterocycles. The SMILES string of the molecule is CCCCCCCCCCCCCCCCCCCC(=O)O[C@H](COC(=O)CCCCCCCCCCCC(C)C)COP(=O)(O)OC[C@@H](O)COP(=O)(O)OC[C@@H](COC(=O)CCCCCCC)OC(=O)CCCCCCCCCCCCCC. The van der Waals surface area contributed by atoms with Gasteiger partial charge in [-0.05, 0) is 31.6 Å². The van der Waals surface area contributed by atoms with Gasteiger partial charge < -0.3 is 33.8 Å². The van der Waals surface area contributed by atoms with E-state index >= 15 is 0 Å². The molecular formula is C67H130O17P2. The van der Waals surface area contributed by atoms with Crippen LogP contribution in [0.15, 0.2) is 0 Å². The third kappa shape index (κ3) is 60.9. The Hall–Kier alpha value is -1.94. The average molecular weight is 1270 g/mol. The van der Waals surface area contributed by atoms with Crippen LogP contribution in [0.4, 0.5) is 0 Å². The van der Waals surface area contributed by atoms with Crippen LogP contribution >= 0.6 is 15.6 Å². The van der Waals surface area contributed by atoms with Crippen molar-refractivity contribution in [3.63, 3.8) is 0 Å². The van der Waals surface area contributed by atoms with E-state index in [-0.39, 0.29) is 25.7 Å². The first-order chi connectivity index (χ1) is 41.5. The summed E-state index contributed by atoms with van der Waals surface area (Å²) in [7, 11) is -9.88. The average Bonchev–Trinajstić information content (AvgIpc) is 3.65. The standard InChI is InChI=1S/C67H130O17P2/c1-6-9-12-15-17-19-21-23-24-25-26-27-29-33-38-43-48-53-67(72)84-63(57-78-65(70)51-46-41-36-34-30-31-35-40-44-49-60(4)5)59-82-86(75,76)80-55-61(68)54-79-85(73,74)81-58-62(56-77-64(69)50-45-39-14-11-8-3)83-66(71)52-47-42-37-32-28-22-20-18-16-13-10-7-2/h60-63,68H,6-59H2,1-5H3,(H,73,74)(H,75,76)/t61-,62+,63+/m0/s1. The summed E-state index contributed by atoms with van der Waals surface area (Å²) < 4.78 is 68.0. The monoisotopic (exact) mass is 1270 g/mol. The van der Waals surface area contributed by atoms with E-state index in [1.165, 1.54) is 161 Å². The lowest BCUT2D eigenvalue weighted by molar-refractivity contribution is -0.161. The summed E-state index contributed by atoms with van der Waals surface area (Å²) in [6, 6.07) is 0. The van der Waals surface area contributed by atoms with Crippen LogP contribution < -0.4 is 0 Å². The predicted molar refractivity (Wildman–Crippen MR) is 345 cm³/mol. The molecule has 2 unspecified atom stereocenters. The number of aliphatic hydroxyl groups is 1. The predicted octanol–water partition coefficient (Wildman–Crippen LogP) is 19.0. The molecule has 0 aliphatic rings. The van der Waals surface area contributed by atoms with Crippen LogP contribution in [-0.2, 0) is 65.4 Å². The van der Waals surface area contributed by atoms with Crippen LogP contribution in [0.3, 0.4) is 0 Å². The van der Waals surface area contributed by atoms with Gasteiger partial charge in [-0.25, -0.2) is 9.13 Å². The Bertz CT molecular complexity index is 1670. The molecule has 3 N–H and O–H groups in total. The maximum absolute atomic E-state index is 13.0. The Balaban J connectivity index is 5.15. The molecule has 0 aliphatic carbocycles. The van der Waals surface area contributed by atoms with Gasteiger partial charge in [-0.3, -0.25) is 37.3 Å². The molecule has 0 rings (SSSR count). The fraction of sp³-hybridized carbons (Fsp3) is 0.940. The van der Waals surface area contributed by atoms with E-state index in [0.717, 1.165) is 102 Å². The molecule has 0 heterocycles. The number of aliphatic hydroxyl groups excluding tert-OH is 1. The van der Waals surface area contributed by atoms with Gasteiger partial charge in [0.15, 0.2) is 12.2 Å². The highest BCUT2D eigenvalue weighted by molar-refractivity contribution is 7.47. The van der Waals surface area contributed by atoms with Crippen molar-refractivity contribution in [3.05, 3.63) is 0 Å². The van der Waals surface area contributed by atoms with E-state index in [0.29, 0.717) is 25.7 Å². The molecule has 0 fully saturated rings. The molecule has 0 spiro atoms. The normalized spacial score (nSPS) is 14.2. The van der Waals surface area contributed by atoms with Gasteiger partial charge in [0.2, 0.25) is 0 Å². The number of esters is 4. The van der Waals surface area contributed by atoms with Crippen molar-refractivity contribution in [2.24, 2.45) is 5.92 Å². The second-order valence-corrected chi connectivity index (χ2v) is 27.6. The van der Waals surface area contributed by atoms with E-state index in [1.54, 1.807) is 0 Å². The zero-order valence-corrected chi connectivity index (χ0v) is 57.2. The molecule has 0 amide bonds. The lowest BCUT2D eigenvalue weighted by atomic mass is 10.0. The van der Waals surface area contributed by atoms with Gasteiger partial charge in [-0.1, -0.05) is 291 Å². The summed E-state index contributed by atoms with van der Waals surface area (Å²) in [5.74, 6) is -1.39. The molecule has 0 bridgehead atoms. The minimum atomic E-state index is -4.95. The van der Waals surface area contributed by atoms with Crippen molar-refractivity contribution in [2.75, 3.05) is 39.6 Å². The van der Waals surface area contributed by atoms with Gasteiger partial charge in [0, 0.05) is 25.7 Å². The Morgan fingerprint density at radius 1 is 0.314 bits per heavy atom. The maximum Gasteiger partial charge on any atom is 0.472 e. The smallest absolute Gasteiger partial charge is 0.462 e. The Morgan fingerprint density at radius 3 is 0.791 bits per heavy atom.